The lowest BCUT2D eigenvalue weighted by Crippen LogP contribution is -2.08. The van der Waals surface area contributed by atoms with Crippen molar-refractivity contribution in [3.05, 3.63) is 53.6 Å². The van der Waals surface area contributed by atoms with Gasteiger partial charge in [-0.3, -0.25) is 0 Å². The Morgan fingerprint density at radius 3 is 2.65 bits per heavy atom. The monoisotopic (exact) mass is 246 g/mol. The van der Waals surface area contributed by atoms with E-state index < -0.39 is 5.97 Å². The summed E-state index contributed by atoms with van der Waals surface area (Å²) in [5.74, 6) is 0.113. The first-order chi connectivity index (χ1) is 8.22. The van der Waals surface area contributed by atoms with E-state index >= 15 is 0 Å². The van der Waals surface area contributed by atoms with Crippen molar-refractivity contribution >= 4 is 28.3 Å². The van der Waals surface area contributed by atoms with Crippen LogP contribution >= 0.6 is 11.6 Å². The van der Waals surface area contributed by atoms with E-state index in [-0.39, 0.29) is 0 Å². The van der Waals surface area contributed by atoms with E-state index in [1.807, 2.05) is 36.4 Å². The summed E-state index contributed by atoms with van der Waals surface area (Å²) in [6.45, 7) is 1.61. The van der Waals surface area contributed by atoms with E-state index in [4.69, 9.17) is 16.3 Å². The van der Waals surface area contributed by atoms with Gasteiger partial charge in [-0.05, 0) is 18.4 Å². The van der Waals surface area contributed by atoms with Crippen LogP contribution in [0.25, 0.3) is 10.8 Å². The topological polar surface area (TPSA) is 26.3 Å². The Bertz CT molecular complexity index is 582. The molecule has 2 nitrogen and oxygen atoms in total. The zero-order valence-corrected chi connectivity index (χ0v) is 10.1. The average molecular weight is 247 g/mol. The van der Waals surface area contributed by atoms with Crippen molar-refractivity contribution in [2.24, 2.45) is 0 Å². The van der Waals surface area contributed by atoms with Gasteiger partial charge < -0.3 is 4.74 Å². The van der Waals surface area contributed by atoms with Crippen LogP contribution in [0.3, 0.4) is 0 Å². The molecule has 0 unspecified atom stereocenters. The largest absolute Gasteiger partial charge is 0.422 e. The van der Waals surface area contributed by atoms with Gasteiger partial charge in [0, 0.05) is 16.5 Å². The molecule has 0 heterocycles. The molecule has 2 rings (SSSR count). The van der Waals surface area contributed by atoms with Crippen molar-refractivity contribution in [2.45, 2.75) is 6.92 Å². The van der Waals surface area contributed by atoms with Crippen LogP contribution in [0.4, 0.5) is 0 Å². The molecule has 2 aromatic carbocycles. The Balaban J connectivity index is 2.40. The van der Waals surface area contributed by atoms with Gasteiger partial charge in [0.1, 0.15) is 5.75 Å². The van der Waals surface area contributed by atoms with Crippen molar-refractivity contribution in [1.29, 1.82) is 0 Å². The third-order valence-corrected chi connectivity index (χ3v) is 2.77. The number of benzene rings is 2. The zero-order valence-electron chi connectivity index (χ0n) is 9.31. The van der Waals surface area contributed by atoms with Gasteiger partial charge in [0.2, 0.25) is 0 Å². The lowest BCUT2D eigenvalue weighted by Gasteiger charge is -2.07. The summed E-state index contributed by atoms with van der Waals surface area (Å²) in [5.41, 5.74) is 1.59. The fourth-order valence-corrected chi connectivity index (χ4v) is 1.60. The molecular formula is C14H11ClO2. The number of hydrogen-bond donors (Lipinski definition) is 0. The highest BCUT2D eigenvalue weighted by molar-refractivity contribution is 6.27. The maximum Gasteiger partial charge on any atom is 0.340 e. The Hall–Kier alpha value is -1.80. The van der Waals surface area contributed by atoms with Crippen molar-refractivity contribution in [2.75, 3.05) is 0 Å². The number of rotatable bonds is 2. The minimum absolute atomic E-state index is 0.375. The highest BCUT2D eigenvalue weighted by Crippen LogP contribution is 2.25. The van der Waals surface area contributed by atoms with Crippen LogP contribution in [0.2, 0.25) is 0 Å². The molecule has 86 valence electrons. The first-order valence-corrected chi connectivity index (χ1v) is 5.63. The highest BCUT2D eigenvalue weighted by Gasteiger charge is 2.09. The van der Waals surface area contributed by atoms with Gasteiger partial charge in [-0.2, -0.15) is 0 Å². The molecule has 0 aliphatic carbocycles. The van der Waals surface area contributed by atoms with Crippen LogP contribution in [0, 0.1) is 0 Å². The highest BCUT2D eigenvalue weighted by atomic mass is 35.5. The predicted octanol–water partition coefficient (Wildman–Crippen LogP) is 3.89. The molecule has 0 fully saturated rings. The zero-order chi connectivity index (χ0) is 12.3. The number of hydrogen-bond acceptors (Lipinski definition) is 2. The molecule has 0 atom stereocenters. The van der Waals surface area contributed by atoms with Crippen molar-refractivity contribution in [3.63, 3.8) is 0 Å². The molecule has 0 aliphatic heterocycles. The molecule has 0 amide bonds. The van der Waals surface area contributed by atoms with E-state index in [0.717, 1.165) is 10.8 Å². The van der Waals surface area contributed by atoms with Gasteiger partial charge in [0.05, 0.1) is 0 Å². The summed E-state index contributed by atoms with van der Waals surface area (Å²) in [4.78, 5) is 11.6. The molecule has 2 aromatic rings. The summed E-state index contributed by atoms with van der Waals surface area (Å²) in [5, 5.41) is 1.94. The van der Waals surface area contributed by atoms with Crippen LogP contribution in [-0.4, -0.2) is 5.97 Å². The van der Waals surface area contributed by atoms with Crippen molar-refractivity contribution in [1.82, 2.24) is 0 Å². The Morgan fingerprint density at radius 1 is 1.18 bits per heavy atom. The van der Waals surface area contributed by atoms with Crippen molar-refractivity contribution in [3.8, 4) is 5.75 Å². The van der Waals surface area contributed by atoms with Gasteiger partial charge in [0.25, 0.3) is 0 Å². The van der Waals surface area contributed by atoms with Crippen LogP contribution < -0.4 is 4.74 Å². The fourth-order valence-electron chi connectivity index (χ4n) is 1.51. The SMILES string of the molecule is C/C(=C\Cl)C(=O)Oc1cccc2ccccc12. The summed E-state index contributed by atoms with van der Waals surface area (Å²) in [6.07, 6.45) is 0. The van der Waals surface area contributed by atoms with Crippen LogP contribution in [0.5, 0.6) is 5.75 Å². The molecule has 0 radical (unpaired) electrons. The molecule has 0 spiro atoms. The third kappa shape index (κ3) is 2.48. The first-order valence-electron chi connectivity index (χ1n) is 5.19. The normalized spacial score (nSPS) is 11.5. The maximum atomic E-state index is 11.6. The van der Waals surface area contributed by atoms with E-state index in [9.17, 15) is 4.79 Å². The van der Waals surface area contributed by atoms with Gasteiger partial charge >= 0.3 is 5.97 Å². The molecule has 17 heavy (non-hydrogen) atoms. The smallest absolute Gasteiger partial charge is 0.340 e. The van der Waals surface area contributed by atoms with Gasteiger partial charge in [-0.15, -0.1) is 0 Å². The number of esters is 1. The molecule has 0 aromatic heterocycles. The molecule has 0 saturated heterocycles. The second-order valence-corrected chi connectivity index (χ2v) is 3.88. The Morgan fingerprint density at radius 2 is 1.88 bits per heavy atom. The predicted molar refractivity (Wildman–Crippen MR) is 69.2 cm³/mol. The van der Waals surface area contributed by atoms with E-state index in [1.54, 1.807) is 13.0 Å². The van der Waals surface area contributed by atoms with Crippen LogP contribution in [0.1, 0.15) is 6.92 Å². The minimum atomic E-state index is -0.434. The van der Waals surface area contributed by atoms with Crippen LogP contribution in [-0.2, 0) is 4.79 Å². The number of fused-ring (bicyclic) bond motifs is 1. The third-order valence-electron chi connectivity index (χ3n) is 2.44. The van der Waals surface area contributed by atoms with E-state index in [1.165, 1.54) is 5.54 Å². The quantitative estimate of drug-likeness (QED) is 0.457. The maximum absolute atomic E-state index is 11.6. The molecule has 3 heteroatoms. The number of carbonyl (C=O) groups excluding carboxylic acids is 1. The number of ether oxygens (including phenoxy) is 1. The minimum Gasteiger partial charge on any atom is -0.422 e. The standard InChI is InChI=1S/C14H11ClO2/c1-10(9-15)14(16)17-13-8-4-6-11-5-2-3-7-12(11)13/h2-9H,1H3/b10-9+. The Kier molecular flexibility index (Phi) is 3.45. The molecule has 0 bridgehead atoms. The van der Waals surface area contributed by atoms with Gasteiger partial charge in [0.15, 0.2) is 0 Å². The van der Waals surface area contributed by atoms with E-state index in [2.05, 4.69) is 0 Å². The average Bonchev–Trinajstić information content (AvgIpc) is 2.38. The molecule has 0 N–H and O–H groups in total. The summed E-state index contributed by atoms with van der Waals surface area (Å²) < 4.78 is 5.29. The molecule has 0 saturated carbocycles. The fraction of sp³-hybridized carbons (Fsp3) is 0.0714. The molecule has 0 aliphatic rings. The van der Waals surface area contributed by atoms with E-state index in [0.29, 0.717) is 11.3 Å². The first kappa shape index (κ1) is 11.7. The lowest BCUT2D eigenvalue weighted by molar-refractivity contribution is -0.130. The second-order valence-electron chi connectivity index (χ2n) is 3.66. The van der Waals surface area contributed by atoms with Gasteiger partial charge in [-0.1, -0.05) is 48.0 Å². The number of carbonyl (C=O) groups is 1. The second kappa shape index (κ2) is 5.02. The van der Waals surface area contributed by atoms with Crippen LogP contribution in [0.15, 0.2) is 53.6 Å². The summed E-state index contributed by atoms with van der Waals surface area (Å²) in [7, 11) is 0. The number of halogens is 1. The molecular weight excluding hydrogens is 236 g/mol. The van der Waals surface area contributed by atoms with Gasteiger partial charge in [-0.25, -0.2) is 4.79 Å². The Labute approximate surface area is 104 Å². The summed E-state index contributed by atoms with van der Waals surface area (Å²) in [6, 6.07) is 13.3. The lowest BCUT2D eigenvalue weighted by atomic mass is 10.1. The van der Waals surface area contributed by atoms with Crippen molar-refractivity contribution < 1.29 is 9.53 Å². The summed E-state index contributed by atoms with van der Waals surface area (Å²) >= 11 is 5.47.